The monoisotopic (exact) mass is 398 g/mol. The smallest absolute Gasteiger partial charge is 0.338 e. The molecule has 2 rings (SSSR count). The van der Waals surface area contributed by atoms with E-state index in [9.17, 15) is 14.4 Å². The number of allylic oxidation sites excluding steroid dienone is 1. The van der Waals surface area contributed by atoms with Crippen molar-refractivity contribution in [1.29, 1.82) is 0 Å². The Morgan fingerprint density at radius 3 is 2.10 bits per heavy atom. The van der Waals surface area contributed by atoms with Gasteiger partial charge in [0, 0.05) is 5.92 Å². The Kier molecular flexibility index (Phi) is 7.57. The molecule has 6 heteroatoms. The summed E-state index contributed by atoms with van der Waals surface area (Å²) in [5.74, 6) is -2.36. The average molecular weight is 398 g/mol. The lowest BCUT2D eigenvalue weighted by Gasteiger charge is -2.34. The highest BCUT2D eigenvalue weighted by Crippen LogP contribution is 2.39. The van der Waals surface area contributed by atoms with E-state index in [0.717, 1.165) is 5.57 Å². The Bertz CT molecular complexity index is 825. The fourth-order valence-corrected chi connectivity index (χ4v) is 3.26. The maximum atomic E-state index is 12.7. The summed E-state index contributed by atoms with van der Waals surface area (Å²) in [4.78, 5) is 37.6. The van der Waals surface area contributed by atoms with Crippen LogP contribution in [0.25, 0.3) is 0 Å². The highest BCUT2D eigenvalue weighted by atomic mass is 16.5. The third-order valence-corrected chi connectivity index (χ3v) is 4.81. The van der Waals surface area contributed by atoms with Gasteiger partial charge in [0.2, 0.25) is 0 Å². The van der Waals surface area contributed by atoms with Crippen molar-refractivity contribution in [2.45, 2.75) is 32.8 Å². The fourth-order valence-electron chi connectivity index (χ4n) is 3.26. The predicted octanol–water partition coefficient (Wildman–Crippen LogP) is 3.63. The lowest BCUT2D eigenvalue weighted by atomic mass is 9.70. The van der Waals surface area contributed by atoms with E-state index in [0.29, 0.717) is 18.4 Å². The molecule has 0 heterocycles. The van der Waals surface area contributed by atoms with E-state index >= 15 is 0 Å². The van der Waals surface area contributed by atoms with Crippen molar-refractivity contribution >= 4 is 17.9 Å². The topological polar surface area (TPSA) is 78.9 Å². The van der Waals surface area contributed by atoms with E-state index in [1.54, 1.807) is 36.4 Å². The lowest BCUT2D eigenvalue weighted by molar-refractivity contribution is -0.168. The number of benzene rings is 1. The van der Waals surface area contributed by atoms with E-state index in [1.165, 1.54) is 20.3 Å². The SMILES string of the molecule is COC(=O)C(C=C=C(C)C)(C(=O)OC)[C@H]1C=C[C@@H](OC(=O)c2ccccc2)CC1. The van der Waals surface area contributed by atoms with Gasteiger partial charge in [0.1, 0.15) is 6.10 Å². The molecule has 2 atom stereocenters. The van der Waals surface area contributed by atoms with Crippen molar-refractivity contribution in [3.05, 3.63) is 65.4 Å². The molecule has 0 spiro atoms. The maximum Gasteiger partial charge on any atom is 0.338 e. The van der Waals surface area contributed by atoms with Crippen molar-refractivity contribution in [1.82, 2.24) is 0 Å². The summed E-state index contributed by atoms with van der Waals surface area (Å²) in [5.41, 5.74) is 2.57. The molecule has 29 heavy (non-hydrogen) atoms. The second-order valence-electron chi connectivity index (χ2n) is 7.02. The predicted molar refractivity (Wildman–Crippen MR) is 107 cm³/mol. The number of methoxy groups -OCH3 is 2. The number of hydrogen-bond acceptors (Lipinski definition) is 6. The molecule has 1 aliphatic rings. The molecule has 0 fully saturated rings. The molecule has 0 saturated carbocycles. The van der Waals surface area contributed by atoms with Gasteiger partial charge < -0.3 is 14.2 Å². The van der Waals surface area contributed by atoms with Gasteiger partial charge in [-0.25, -0.2) is 4.79 Å². The molecule has 0 aliphatic heterocycles. The Morgan fingerprint density at radius 2 is 1.62 bits per heavy atom. The van der Waals surface area contributed by atoms with Gasteiger partial charge in [-0.3, -0.25) is 9.59 Å². The first-order valence-electron chi connectivity index (χ1n) is 9.37. The highest BCUT2D eigenvalue weighted by Gasteiger charge is 2.52. The molecule has 1 aromatic carbocycles. The second kappa shape index (κ2) is 9.89. The van der Waals surface area contributed by atoms with Crippen LogP contribution >= 0.6 is 0 Å². The summed E-state index contributed by atoms with van der Waals surface area (Å²) in [5, 5.41) is 0. The number of carbonyl (C=O) groups is 3. The van der Waals surface area contributed by atoms with Crippen molar-refractivity contribution in [3.8, 4) is 0 Å². The summed E-state index contributed by atoms with van der Waals surface area (Å²) in [7, 11) is 2.46. The van der Waals surface area contributed by atoms with Gasteiger partial charge in [0.15, 0.2) is 5.41 Å². The van der Waals surface area contributed by atoms with Gasteiger partial charge in [-0.15, -0.1) is 5.73 Å². The minimum absolute atomic E-state index is 0.421. The van der Waals surface area contributed by atoms with Gasteiger partial charge in [-0.05, 0) is 56.5 Å². The van der Waals surface area contributed by atoms with Gasteiger partial charge in [-0.2, -0.15) is 0 Å². The molecule has 0 amide bonds. The van der Waals surface area contributed by atoms with Crippen LogP contribution in [0.2, 0.25) is 0 Å². The molecule has 0 bridgehead atoms. The standard InChI is InChI=1S/C23H26O6/c1-16(2)14-15-23(21(25)27-3,22(26)28-4)18-10-12-19(13-11-18)29-20(24)17-8-6-5-7-9-17/h5-10,12,15,18-19H,11,13H2,1-4H3/t18-,19+/m0/s1. The summed E-state index contributed by atoms with van der Waals surface area (Å²) in [6.45, 7) is 3.62. The number of carbonyl (C=O) groups excluding carboxylic acids is 3. The molecule has 0 radical (unpaired) electrons. The second-order valence-corrected chi connectivity index (χ2v) is 7.02. The quantitative estimate of drug-likeness (QED) is 0.239. The molecule has 6 nitrogen and oxygen atoms in total. The van der Waals surface area contributed by atoms with Gasteiger partial charge >= 0.3 is 17.9 Å². The molecule has 0 saturated heterocycles. The largest absolute Gasteiger partial charge is 0.468 e. The molecule has 1 aliphatic carbocycles. The summed E-state index contributed by atoms with van der Waals surface area (Å²) in [6, 6.07) is 8.71. The Hall–Kier alpha value is -3.11. The molecule has 1 aromatic rings. The average Bonchev–Trinajstić information content (AvgIpc) is 2.74. The number of ether oxygens (including phenoxy) is 3. The molecular weight excluding hydrogens is 372 g/mol. The van der Waals surface area contributed by atoms with Crippen molar-refractivity contribution < 1.29 is 28.6 Å². The van der Waals surface area contributed by atoms with Gasteiger partial charge in [0.05, 0.1) is 19.8 Å². The highest BCUT2D eigenvalue weighted by molar-refractivity contribution is 6.03. The zero-order valence-corrected chi connectivity index (χ0v) is 17.1. The number of rotatable bonds is 6. The first-order chi connectivity index (χ1) is 13.8. The van der Waals surface area contributed by atoms with Crippen molar-refractivity contribution in [2.75, 3.05) is 14.2 Å². The Labute approximate surface area is 170 Å². The first kappa shape index (κ1) is 22.2. The van der Waals surface area contributed by atoms with Gasteiger partial charge in [-0.1, -0.05) is 24.3 Å². The lowest BCUT2D eigenvalue weighted by Crippen LogP contribution is -2.46. The van der Waals surface area contributed by atoms with Crippen LogP contribution in [-0.2, 0) is 23.8 Å². The minimum atomic E-state index is -1.65. The van der Waals surface area contributed by atoms with Crippen LogP contribution in [0.15, 0.2) is 59.9 Å². The Balaban J connectivity index is 2.29. The van der Waals surface area contributed by atoms with Crippen LogP contribution in [0, 0.1) is 11.3 Å². The van der Waals surface area contributed by atoms with E-state index in [2.05, 4.69) is 5.73 Å². The van der Waals surface area contributed by atoms with E-state index in [-0.39, 0.29) is 0 Å². The van der Waals surface area contributed by atoms with Crippen LogP contribution in [0.5, 0.6) is 0 Å². The third-order valence-electron chi connectivity index (χ3n) is 4.81. The van der Waals surface area contributed by atoms with E-state index < -0.39 is 35.3 Å². The number of hydrogen-bond donors (Lipinski definition) is 0. The first-order valence-corrected chi connectivity index (χ1v) is 9.37. The number of esters is 3. The van der Waals surface area contributed by atoms with E-state index in [1.807, 2.05) is 19.9 Å². The maximum absolute atomic E-state index is 12.7. The normalized spacial score (nSPS) is 18.2. The van der Waals surface area contributed by atoms with E-state index in [4.69, 9.17) is 14.2 Å². The van der Waals surface area contributed by atoms with Crippen LogP contribution in [0.1, 0.15) is 37.0 Å². The zero-order valence-electron chi connectivity index (χ0n) is 17.1. The summed E-state index contributed by atoms with van der Waals surface area (Å²) >= 11 is 0. The molecule has 0 aromatic heterocycles. The molecule has 0 unspecified atom stereocenters. The zero-order chi connectivity index (χ0) is 21.4. The van der Waals surface area contributed by atoms with Crippen LogP contribution < -0.4 is 0 Å². The fraction of sp³-hybridized carbons (Fsp3) is 0.391. The van der Waals surface area contributed by atoms with Crippen LogP contribution in [0.3, 0.4) is 0 Å². The van der Waals surface area contributed by atoms with Crippen molar-refractivity contribution in [3.63, 3.8) is 0 Å². The molecule has 154 valence electrons. The molecule has 0 N–H and O–H groups in total. The molecular formula is C23H26O6. The summed E-state index contributed by atoms with van der Waals surface area (Å²) in [6.07, 6.45) is 5.27. The van der Waals surface area contributed by atoms with Gasteiger partial charge in [0.25, 0.3) is 0 Å². The van der Waals surface area contributed by atoms with Crippen LogP contribution in [0.4, 0.5) is 0 Å². The Morgan fingerprint density at radius 1 is 1.00 bits per heavy atom. The minimum Gasteiger partial charge on any atom is -0.468 e. The van der Waals surface area contributed by atoms with Crippen molar-refractivity contribution in [2.24, 2.45) is 11.3 Å². The summed E-state index contributed by atoms with van der Waals surface area (Å²) < 4.78 is 15.4. The third kappa shape index (κ3) is 5.04. The van der Waals surface area contributed by atoms with Crippen LogP contribution in [-0.4, -0.2) is 38.2 Å².